The van der Waals surface area contributed by atoms with Crippen molar-refractivity contribution in [2.24, 2.45) is 0 Å². The van der Waals surface area contributed by atoms with Crippen LogP contribution in [0.1, 0.15) is 0 Å². The summed E-state index contributed by atoms with van der Waals surface area (Å²) in [4.78, 5) is 0. The van der Waals surface area contributed by atoms with Gasteiger partial charge in [0.15, 0.2) is 0 Å². The molecule has 0 atom stereocenters. The van der Waals surface area contributed by atoms with E-state index in [2.05, 4.69) is 5.32 Å². The van der Waals surface area contributed by atoms with E-state index in [0.717, 1.165) is 22.1 Å². The molecule has 2 N–H and O–H groups in total. The highest BCUT2D eigenvalue weighted by molar-refractivity contribution is 5.96. The van der Waals surface area contributed by atoms with Crippen LogP contribution in [-0.2, 0) is 0 Å². The molecule has 3 aromatic carbocycles. The molecule has 0 aromatic heterocycles. The zero-order chi connectivity index (χ0) is 12.4. The molecule has 0 aliphatic rings. The van der Waals surface area contributed by atoms with Crippen LogP contribution in [0.2, 0.25) is 0 Å². The lowest BCUT2D eigenvalue weighted by atomic mass is 10.1. The molecule has 0 radical (unpaired) electrons. The van der Waals surface area contributed by atoms with E-state index >= 15 is 0 Å². The standard InChI is InChI=1S/C16H13NO/c18-14-10-12-6-4-5-9-15(12)16(11-14)17-13-7-2-1-3-8-13/h1-11,17-18H. The minimum absolute atomic E-state index is 0.270. The normalized spacial score (nSPS) is 10.4. The minimum Gasteiger partial charge on any atom is -0.508 e. The Labute approximate surface area is 106 Å². The summed E-state index contributed by atoms with van der Waals surface area (Å²) in [7, 11) is 0. The molecule has 2 heteroatoms. The molecule has 0 aliphatic carbocycles. The first-order chi connectivity index (χ1) is 8.83. The van der Waals surface area contributed by atoms with Gasteiger partial charge < -0.3 is 10.4 Å². The smallest absolute Gasteiger partial charge is 0.118 e. The number of anilines is 2. The Bertz CT molecular complexity index is 677. The molecule has 3 rings (SSSR count). The molecule has 88 valence electrons. The van der Waals surface area contributed by atoms with E-state index in [9.17, 15) is 5.11 Å². The Hall–Kier alpha value is -2.48. The van der Waals surface area contributed by atoms with Crippen molar-refractivity contribution in [2.45, 2.75) is 0 Å². The number of aromatic hydroxyl groups is 1. The molecule has 0 unspecified atom stereocenters. The van der Waals surface area contributed by atoms with Crippen LogP contribution in [0.3, 0.4) is 0 Å². The van der Waals surface area contributed by atoms with Crippen LogP contribution in [0, 0.1) is 0 Å². The number of phenols is 1. The van der Waals surface area contributed by atoms with Crippen molar-refractivity contribution in [3.63, 3.8) is 0 Å². The molecular formula is C16H13NO. The molecule has 0 saturated heterocycles. The van der Waals surface area contributed by atoms with Crippen molar-refractivity contribution >= 4 is 22.1 Å². The highest BCUT2D eigenvalue weighted by Crippen LogP contribution is 2.30. The lowest BCUT2D eigenvalue weighted by molar-refractivity contribution is 0.476. The van der Waals surface area contributed by atoms with E-state index in [4.69, 9.17) is 0 Å². The second kappa shape index (κ2) is 4.41. The SMILES string of the molecule is Oc1cc(Nc2ccccc2)c2ccccc2c1. The Balaban J connectivity index is 2.11. The summed E-state index contributed by atoms with van der Waals surface area (Å²) in [5.74, 6) is 0.270. The number of hydrogen-bond donors (Lipinski definition) is 2. The van der Waals surface area contributed by atoms with Crippen molar-refractivity contribution < 1.29 is 5.11 Å². The molecule has 0 amide bonds. The molecule has 0 saturated carbocycles. The molecule has 18 heavy (non-hydrogen) atoms. The van der Waals surface area contributed by atoms with Crippen LogP contribution < -0.4 is 5.32 Å². The number of nitrogens with one attached hydrogen (secondary N) is 1. The van der Waals surface area contributed by atoms with Gasteiger partial charge in [0.05, 0.1) is 5.69 Å². The van der Waals surface area contributed by atoms with E-state index in [0.29, 0.717) is 0 Å². The summed E-state index contributed by atoms with van der Waals surface area (Å²) in [6.07, 6.45) is 0. The fourth-order valence-electron chi connectivity index (χ4n) is 2.08. The van der Waals surface area contributed by atoms with Gasteiger partial charge in [-0.1, -0.05) is 42.5 Å². The predicted molar refractivity (Wildman–Crippen MR) is 75.3 cm³/mol. The van der Waals surface area contributed by atoms with Crippen molar-refractivity contribution in [3.8, 4) is 5.75 Å². The summed E-state index contributed by atoms with van der Waals surface area (Å²) in [5, 5.41) is 15.2. The maximum absolute atomic E-state index is 9.75. The van der Waals surface area contributed by atoms with Crippen molar-refractivity contribution in [2.75, 3.05) is 5.32 Å². The first kappa shape index (κ1) is 10.7. The molecule has 0 spiro atoms. The average Bonchev–Trinajstić information content (AvgIpc) is 2.40. The van der Waals surface area contributed by atoms with Crippen molar-refractivity contribution in [1.29, 1.82) is 0 Å². The van der Waals surface area contributed by atoms with Gasteiger partial charge in [-0.25, -0.2) is 0 Å². The molecule has 3 aromatic rings. The van der Waals surface area contributed by atoms with Crippen LogP contribution in [-0.4, -0.2) is 5.11 Å². The van der Waals surface area contributed by atoms with Gasteiger partial charge in [0.2, 0.25) is 0 Å². The average molecular weight is 235 g/mol. The molecular weight excluding hydrogens is 222 g/mol. The van der Waals surface area contributed by atoms with Gasteiger partial charge in [0.1, 0.15) is 5.75 Å². The number of rotatable bonds is 2. The van der Waals surface area contributed by atoms with Gasteiger partial charge in [-0.05, 0) is 23.6 Å². The highest BCUT2D eigenvalue weighted by atomic mass is 16.3. The quantitative estimate of drug-likeness (QED) is 0.694. The Morgan fingerprint density at radius 2 is 1.50 bits per heavy atom. The molecule has 0 fully saturated rings. The summed E-state index contributed by atoms with van der Waals surface area (Å²) in [5.41, 5.74) is 1.92. The topological polar surface area (TPSA) is 32.3 Å². The van der Waals surface area contributed by atoms with Gasteiger partial charge in [0.25, 0.3) is 0 Å². The third-order valence-electron chi connectivity index (χ3n) is 2.90. The Kier molecular flexibility index (Phi) is 2.61. The van der Waals surface area contributed by atoms with Gasteiger partial charge in [0, 0.05) is 17.1 Å². The molecule has 0 heterocycles. The fourth-order valence-corrected chi connectivity index (χ4v) is 2.08. The highest BCUT2D eigenvalue weighted by Gasteiger charge is 2.03. The van der Waals surface area contributed by atoms with Crippen LogP contribution in [0.25, 0.3) is 10.8 Å². The third-order valence-corrected chi connectivity index (χ3v) is 2.90. The largest absolute Gasteiger partial charge is 0.508 e. The van der Waals surface area contributed by atoms with E-state index in [1.807, 2.05) is 54.6 Å². The van der Waals surface area contributed by atoms with E-state index in [-0.39, 0.29) is 5.75 Å². The summed E-state index contributed by atoms with van der Waals surface area (Å²) < 4.78 is 0. The van der Waals surface area contributed by atoms with Crippen molar-refractivity contribution in [1.82, 2.24) is 0 Å². The Morgan fingerprint density at radius 3 is 2.33 bits per heavy atom. The van der Waals surface area contributed by atoms with Crippen LogP contribution in [0.15, 0.2) is 66.7 Å². The predicted octanol–water partition coefficient (Wildman–Crippen LogP) is 4.29. The maximum atomic E-state index is 9.75. The zero-order valence-corrected chi connectivity index (χ0v) is 9.80. The third kappa shape index (κ3) is 2.00. The van der Waals surface area contributed by atoms with Gasteiger partial charge in [-0.3, -0.25) is 0 Å². The number of fused-ring (bicyclic) bond motifs is 1. The number of hydrogen-bond acceptors (Lipinski definition) is 2. The second-order valence-electron chi connectivity index (χ2n) is 4.21. The monoisotopic (exact) mass is 235 g/mol. The molecule has 2 nitrogen and oxygen atoms in total. The Morgan fingerprint density at radius 1 is 0.778 bits per heavy atom. The van der Waals surface area contributed by atoms with Gasteiger partial charge in [-0.2, -0.15) is 0 Å². The first-order valence-corrected chi connectivity index (χ1v) is 5.87. The lowest BCUT2D eigenvalue weighted by Gasteiger charge is -2.10. The maximum Gasteiger partial charge on any atom is 0.118 e. The minimum atomic E-state index is 0.270. The van der Waals surface area contributed by atoms with Crippen LogP contribution in [0.4, 0.5) is 11.4 Å². The number of benzene rings is 3. The summed E-state index contributed by atoms with van der Waals surface area (Å²) in [6, 6.07) is 21.4. The molecule has 0 bridgehead atoms. The van der Waals surface area contributed by atoms with E-state index in [1.165, 1.54) is 0 Å². The van der Waals surface area contributed by atoms with Crippen molar-refractivity contribution in [3.05, 3.63) is 66.7 Å². The fraction of sp³-hybridized carbons (Fsp3) is 0. The molecule has 0 aliphatic heterocycles. The summed E-state index contributed by atoms with van der Waals surface area (Å²) in [6.45, 7) is 0. The summed E-state index contributed by atoms with van der Waals surface area (Å²) >= 11 is 0. The zero-order valence-electron chi connectivity index (χ0n) is 9.80. The first-order valence-electron chi connectivity index (χ1n) is 5.87. The van der Waals surface area contributed by atoms with E-state index in [1.54, 1.807) is 12.1 Å². The van der Waals surface area contributed by atoms with Crippen LogP contribution in [0.5, 0.6) is 5.75 Å². The number of para-hydroxylation sites is 1. The number of phenolic OH excluding ortho intramolecular Hbond substituents is 1. The lowest BCUT2D eigenvalue weighted by Crippen LogP contribution is -1.91. The van der Waals surface area contributed by atoms with Gasteiger partial charge in [-0.15, -0.1) is 0 Å². The second-order valence-corrected chi connectivity index (χ2v) is 4.21. The van der Waals surface area contributed by atoms with E-state index < -0.39 is 0 Å². The van der Waals surface area contributed by atoms with Gasteiger partial charge >= 0.3 is 0 Å². The van der Waals surface area contributed by atoms with Crippen LogP contribution >= 0.6 is 0 Å².